The second kappa shape index (κ2) is 4.87. The summed E-state index contributed by atoms with van der Waals surface area (Å²) in [7, 11) is 0. The minimum atomic E-state index is 0.0273. The molecule has 0 fully saturated rings. The van der Waals surface area contributed by atoms with Crippen LogP contribution in [0.2, 0.25) is 10.4 Å². The lowest BCUT2D eigenvalue weighted by atomic mass is 9.82. The average Bonchev–Trinajstić information content (AvgIpc) is 2.28. The molecular weight excluding hydrogens is 267 g/mol. The number of nitrogens with zero attached hydrogens (tertiary/aromatic N) is 2. The molecule has 0 spiro atoms. The van der Waals surface area contributed by atoms with Gasteiger partial charge in [-0.1, -0.05) is 56.6 Å². The van der Waals surface area contributed by atoms with Crippen LogP contribution < -0.4 is 0 Å². The highest BCUT2D eigenvalue weighted by molar-refractivity contribution is 6.33. The second-order valence-electron chi connectivity index (χ2n) is 5.14. The molecule has 1 aromatic heterocycles. The Balaban J connectivity index is 2.64. The van der Waals surface area contributed by atoms with Crippen LogP contribution in [0.1, 0.15) is 26.3 Å². The van der Waals surface area contributed by atoms with Crippen LogP contribution in [0.4, 0.5) is 0 Å². The fourth-order valence-corrected chi connectivity index (χ4v) is 2.30. The molecule has 0 aliphatic heterocycles. The van der Waals surface area contributed by atoms with E-state index in [2.05, 4.69) is 36.8 Å². The van der Waals surface area contributed by atoms with Gasteiger partial charge in [0.1, 0.15) is 5.15 Å². The van der Waals surface area contributed by atoms with Gasteiger partial charge >= 0.3 is 0 Å². The third-order valence-electron chi connectivity index (χ3n) is 2.74. The van der Waals surface area contributed by atoms with Crippen LogP contribution in [0.15, 0.2) is 30.5 Å². The summed E-state index contributed by atoms with van der Waals surface area (Å²) in [6, 6.07) is 8.13. The van der Waals surface area contributed by atoms with E-state index in [1.165, 1.54) is 5.56 Å². The molecule has 2 rings (SSSR count). The maximum Gasteiger partial charge on any atom is 0.223 e. The molecule has 0 saturated carbocycles. The Bertz CT molecular complexity index is 574. The number of aromatic nitrogens is 2. The van der Waals surface area contributed by atoms with Gasteiger partial charge in [0.05, 0.1) is 0 Å². The van der Waals surface area contributed by atoms with Gasteiger partial charge in [0.25, 0.3) is 0 Å². The van der Waals surface area contributed by atoms with Crippen molar-refractivity contribution in [3.63, 3.8) is 0 Å². The van der Waals surface area contributed by atoms with E-state index in [0.717, 1.165) is 11.1 Å². The summed E-state index contributed by atoms with van der Waals surface area (Å²) in [5, 5.41) is 0.545. The first kappa shape index (κ1) is 13.3. The highest BCUT2D eigenvalue weighted by Gasteiger charge is 2.20. The van der Waals surface area contributed by atoms with Crippen molar-refractivity contribution in [3.05, 3.63) is 46.5 Å². The van der Waals surface area contributed by atoms with Gasteiger partial charge in [0, 0.05) is 11.8 Å². The van der Waals surface area contributed by atoms with Crippen molar-refractivity contribution >= 4 is 23.2 Å². The fourth-order valence-electron chi connectivity index (χ4n) is 1.89. The van der Waals surface area contributed by atoms with Crippen LogP contribution in [0.5, 0.6) is 0 Å². The molecule has 18 heavy (non-hydrogen) atoms. The molecule has 0 amide bonds. The summed E-state index contributed by atoms with van der Waals surface area (Å²) < 4.78 is 0. The SMILES string of the molecule is CC(C)(C)c1ccccc1-c1cnc(Cl)nc1Cl. The molecule has 94 valence electrons. The summed E-state index contributed by atoms with van der Waals surface area (Å²) in [6.45, 7) is 6.49. The number of benzene rings is 1. The van der Waals surface area contributed by atoms with E-state index < -0.39 is 0 Å². The van der Waals surface area contributed by atoms with Crippen LogP contribution in [0.3, 0.4) is 0 Å². The van der Waals surface area contributed by atoms with Gasteiger partial charge in [0.2, 0.25) is 5.28 Å². The van der Waals surface area contributed by atoms with Crippen molar-refractivity contribution in [1.29, 1.82) is 0 Å². The van der Waals surface area contributed by atoms with Crippen LogP contribution in [0, 0.1) is 0 Å². The number of rotatable bonds is 1. The highest BCUT2D eigenvalue weighted by atomic mass is 35.5. The van der Waals surface area contributed by atoms with Crippen molar-refractivity contribution in [3.8, 4) is 11.1 Å². The van der Waals surface area contributed by atoms with E-state index in [1.807, 2.05) is 18.2 Å². The van der Waals surface area contributed by atoms with Gasteiger partial charge in [0.15, 0.2) is 0 Å². The minimum absolute atomic E-state index is 0.0273. The quantitative estimate of drug-likeness (QED) is 0.557. The lowest BCUT2D eigenvalue weighted by molar-refractivity contribution is 0.592. The Morgan fingerprint density at radius 1 is 1.00 bits per heavy atom. The monoisotopic (exact) mass is 280 g/mol. The number of hydrogen-bond donors (Lipinski definition) is 0. The predicted molar refractivity (Wildman–Crippen MR) is 76.2 cm³/mol. The summed E-state index contributed by atoms with van der Waals surface area (Å²) >= 11 is 11.9. The van der Waals surface area contributed by atoms with Crippen molar-refractivity contribution in [2.24, 2.45) is 0 Å². The maximum absolute atomic E-state index is 6.15. The van der Waals surface area contributed by atoms with Crippen molar-refractivity contribution < 1.29 is 0 Å². The van der Waals surface area contributed by atoms with E-state index >= 15 is 0 Å². The molecule has 0 unspecified atom stereocenters. The van der Waals surface area contributed by atoms with Crippen molar-refractivity contribution in [2.45, 2.75) is 26.2 Å². The predicted octanol–water partition coefficient (Wildman–Crippen LogP) is 4.75. The van der Waals surface area contributed by atoms with Crippen molar-refractivity contribution in [1.82, 2.24) is 9.97 Å². The fraction of sp³-hybridized carbons (Fsp3) is 0.286. The van der Waals surface area contributed by atoms with E-state index in [-0.39, 0.29) is 10.7 Å². The van der Waals surface area contributed by atoms with Gasteiger partial charge in [-0.3, -0.25) is 0 Å². The molecule has 2 aromatic rings. The molecule has 0 aliphatic carbocycles. The van der Waals surface area contributed by atoms with Crippen LogP contribution in [0.25, 0.3) is 11.1 Å². The highest BCUT2D eigenvalue weighted by Crippen LogP contribution is 2.35. The Kier molecular flexibility index (Phi) is 3.60. The standard InChI is InChI=1S/C14H14Cl2N2/c1-14(2,3)11-7-5-4-6-9(11)10-8-17-13(16)18-12(10)15/h4-8H,1-3H3. The third-order valence-corrected chi connectivity index (χ3v) is 3.21. The molecule has 0 bridgehead atoms. The molecule has 0 radical (unpaired) electrons. The van der Waals surface area contributed by atoms with Crippen LogP contribution >= 0.6 is 23.2 Å². The zero-order valence-corrected chi connectivity index (χ0v) is 12.0. The first-order valence-corrected chi connectivity index (χ1v) is 6.43. The van der Waals surface area contributed by atoms with Crippen LogP contribution in [-0.2, 0) is 5.41 Å². The van der Waals surface area contributed by atoms with Gasteiger partial charge < -0.3 is 0 Å². The minimum Gasteiger partial charge on any atom is -0.226 e. The Morgan fingerprint density at radius 3 is 2.28 bits per heavy atom. The van der Waals surface area contributed by atoms with E-state index in [1.54, 1.807) is 6.20 Å². The zero-order valence-electron chi connectivity index (χ0n) is 10.5. The second-order valence-corrected chi connectivity index (χ2v) is 5.84. The van der Waals surface area contributed by atoms with Crippen LogP contribution in [-0.4, -0.2) is 9.97 Å². The molecule has 1 aromatic carbocycles. The molecule has 0 atom stereocenters. The summed E-state index contributed by atoms with van der Waals surface area (Å²) in [4.78, 5) is 8.00. The topological polar surface area (TPSA) is 25.8 Å². The summed E-state index contributed by atoms with van der Waals surface area (Å²) in [5.74, 6) is 0. The molecule has 2 nitrogen and oxygen atoms in total. The normalized spacial score (nSPS) is 11.6. The Hall–Kier alpha value is -1.12. The first-order chi connectivity index (χ1) is 8.39. The lowest BCUT2D eigenvalue weighted by Gasteiger charge is -2.23. The Morgan fingerprint density at radius 2 is 1.67 bits per heavy atom. The number of halogens is 2. The largest absolute Gasteiger partial charge is 0.226 e. The summed E-state index contributed by atoms with van der Waals surface area (Å²) in [5.41, 5.74) is 3.09. The molecule has 0 aliphatic rings. The van der Waals surface area contributed by atoms with E-state index in [4.69, 9.17) is 23.2 Å². The van der Waals surface area contributed by atoms with Gasteiger partial charge in [-0.05, 0) is 28.1 Å². The molecular formula is C14H14Cl2N2. The lowest BCUT2D eigenvalue weighted by Crippen LogP contribution is -2.12. The molecule has 0 N–H and O–H groups in total. The van der Waals surface area contributed by atoms with Crippen molar-refractivity contribution in [2.75, 3.05) is 0 Å². The zero-order chi connectivity index (χ0) is 13.3. The third kappa shape index (κ3) is 2.65. The van der Waals surface area contributed by atoms with E-state index in [9.17, 15) is 0 Å². The van der Waals surface area contributed by atoms with Gasteiger partial charge in [-0.15, -0.1) is 0 Å². The molecule has 4 heteroatoms. The molecule has 0 saturated heterocycles. The molecule has 1 heterocycles. The first-order valence-electron chi connectivity index (χ1n) is 5.67. The van der Waals surface area contributed by atoms with Gasteiger partial charge in [-0.25, -0.2) is 9.97 Å². The average molecular weight is 281 g/mol. The Labute approximate surface area is 117 Å². The smallest absolute Gasteiger partial charge is 0.223 e. The maximum atomic E-state index is 6.15. The van der Waals surface area contributed by atoms with E-state index in [0.29, 0.717) is 5.15 Å². The summed E-state index contributed by atoms with van der Waals surface area (Å²) in [6.07, 6.45) is 1.67. The van der Waals surface area contributed by atoms with Gasteiger partial charge in [-0.2, -0.15) is 0 Å². The number of hydrogen-bond acceptors (Lipinski definition) is 2.